The van der Waals surface area contributed by atoms with Crippen molar-refractivity contribution in [3.63, 3.8) is 0 Å². The van der Waals surface area contributed by atoms with E-state index in [0.29, 0.717) is 17.2 Å². The molecule has 27 heavy (non-hydrogen) atoms. The Morgan fingerprint density at radius 3 is 1.93 bits per heavy atom. The Morgan fingerprint density at radius 1 is 0.741 bits per heavy atom. The molecule has 0 bridgehead atoms. The van der Waals surface area contributed by atoms with Crippen LogP contribution < -0.4 is 14.2 Å². The molecule has 0 spiro atoms. The van der Waals surface area contributed by atoms with E-state index < -0.39 is 0 Å². The van der Waals surface area contributed by atoms with E-state index in [-0.39, 0.29) is 35.5 Å². The molecule has 3 rings (SSSR count). The van der Waals surface area contributed by atoms with Gasteiger partial charge in [-0.3, -0.25) is 0 Å². The van der Waals surface area contributed by atoms with Crippen LogP contribution in [0.4, 0.5) is 0 Å². The summed E-state index contributed by atoms with van der Waals surface area (Å²) < 4.78 is 22.2. The van der Waals surface area contributed by atoms with Gasteiger partial charge in [0.05, 0.1) is 33.5 Å². The molecule has 6 heteroatoms. The Kier molecular flexibility index (Phi) is 5.37. The van der Waals surface area contributed by atoms with Crippen molar-refractivity contribution in [3.05, 3.63) is 41.5 Å². The molecule has 1 saturated heterocycles. The van der Waals surface area contributed by atoms with Gasteiger partial charge < -0.3 is 29.2 Å². The van der Waals surface area contributed by atoms with Gasteiger partial charge >= 0.3 is 0 Å². The van der Waals surface area contributed by atoms with Crippen molar-refractivity contribution in [3.8, 4) is 28.7 Å². The Balaban J connectivity index is 1.95. The molecule has 0 saturated carbocycles. The minimum Gasteiger partial charge on any atom is -0.504 e. The molecule has 146 valence electrons. The van der Waals surface area contributed by atoms with E-state index >= 15 is 0 Å². The lowest BCUT2D eigenvalue weighted by Gasteiger charge is -2.19. The monoisotopic (exact) mass is 374 g/mol. The molecule has 0 unspecified atom stereocenters. The van der Waals surface area contributed by atoms with E-state index in [1.54, 1.807) is 18.2 Å². The van der Waals surface area contributed by atoms with Crippen molar-refractivity contribution < 1.29 is 29.2 Å². The van der Waals surface area contributed by atoms with Gasteiger partial charge in [0.15, 0.2) is 23.0 Å². The summed E-state index contributed by atoms with van der Waals surface area (Å²) in [5.41, 5.74) is 1.77. The Labute approximate surface area is 159 Å². The molecule has 1 heterocycles. The summed E-state index contributed by atoms with van der Waals surface area (Å²) in [4.78, 5) is 0. The summed E-state index contributed by atoms with van der Waals surface area (Å²) in [6.45, 7) is 4.26. The van der Waals surface area contributed by atoms with Gasteiger partial charge in [0.1, 0.15) is 0 Å². The first-order chi connectivity index (χ1) is 12.9. The first-order valence-electron chi connectivity index (χ1n) is 8.88. The summed E-state index contributed by atoms with van der Waals surface area (Å²) in [5, 5.41) is 20.1. The van der Waals surface area contributed by atoms with Gasteiger partial charge in [0, 0.05) is 0 Å². The third-order valence-corrected chi connectivity index (χ3v) is 5.42. The average molecular weight is 374 g/mol. The van der Waals surface area contributed by atoms with Crippen LogP contribution in [0.3, 0.4) is 0 Å². The number of hydrogen-bond donors (Lipinski definition) is 2. The number of methoxy groups -OCH3 is 3. The van der Waals surface area contributed by atoms with Crippen LogP contribution in [0.1, 0.15) is 37.2 Å². The van der Waals surface area contributed by atoms with Crippen LogP contribution in [0.25, 0.3) is 0 Å². The van der Waals surface area contributed by atoms with Crippen molar-refractivity contribution in [2.75, 3.05) is 21.3 Å². The number of phenolic OH excluding ortho intramolecular Hbond substituents is 2. The number of phenols is 2. The summed E-state index contributed by atoms with van der Waals surface area (Å²) in [6, 6.07) is 8.77. The SMILES string of the molecule is COc1cc([C@H]2O[C@@H](c3cc(O)c(OC)c(OC)c3)[C@H](C)[C@@H]2C)ccc1O. The van der Waals surface area contributed by atoms with Crippen LogP contribution in [0.15, 0.2) is 30.3 Å². The fourth-order valence-corrected chi connectivity index (χ4v) is 3.72. The fourth-order valence-electron chi connectivity index (χ4n) is 3.72. The average Bonchev–Trinajstić information content (AvgIpc) is 2.96. The third-order valence-electron chi connectivity index (χ3n) is 5.42. The van der Waals surface area contributed by atoms with Crippen LogP contribution in [-0.4, -0.2) is 31.5 Å². The Hall–Kier alpha value is -2.60. The molecule has 0 aliphatic carbocycles. The van der Waals surface area contributed by atoms with E-state index in [4.69, 9.17) is 18.9 Å². The highest BCUT2D eigenvalue weighted by Crippen LogP contribution is 2.51. The summed E-state index contributed by atoms with van der Waals surface area (Å²) in [7, 11) is 4.55. The van der Waals surface area contributed by atoms with Gasteiger partial charge in [-0.1, -0.05) is 19.9 Å². The van der Waals surface area contributed by atoms with E-state index in [9.17, 15) is 10.2 Å². The number of benzene rings is 2. The van der Waals surface area contributed by atoms with E-state index in [2.05, 4.69) is 13.8 Å². The number of aromatic hydroxyl groups is 2. The molecule has 6 nitrogen and oxygen atoms in total. The maximum absolute atomic E-state index is 10.3. The minimum atomic E-state index is -0.212. The van der Waals surface area contributed by atoms with Gasteiger partial charge in [-0.2, -0.15) is 0 Å². The maximum Gasteiger partial charge on any atom is 0.203 e. The first-order valence-corrected chi connectivity index (χ1v) is 8.88. The normalized spacial score (nSPS) is 24.6. The molecule has 0 radical (unpaired) electrons. The van der Waals surface area contributed by atoms with Gasteiger partial charge in [0.25, 0.3) is 0 Å². The Bertz CT molecular complexity index is 819. The van der Waals surface area contributed by atoms with Crippen molar-refractivity contribution >= 4 is 0 Å². The third kappa shape index (κ3) is 3.37. The van der Waals surface area contributed by atoms with Gasteiger partial charge in [-0.15, -0.1) is 0 Å². The highest BCUT2D eigenvalue weighted by molar-refractivity contribution is 5.53. The summed E-state index contributed by atoms with van der Waals surface area (Å²) >= 11 is 0. The first kappa shape index (κ1) is 19.2. The standard InChI is InChI=1S/C21H26O6/c1-11-12(2)20(14-8-16(23)21(26-5)18(10-14)25-4)27-19(11)13-6-7-15(22)17(9-13)24-3/h6-12,19-20,22-23H,1-5H3/t11-,12+,19-,20+/m0/s1. The molecule has 1 fully saturated rings. The largest absolute Gasteiger partial charge is 0.504 e. The van der Waals surface area contributed by atoms with Crippen LogP contribution in [0.5, 0.6) is 28.7 Å². The van der Waals surface area contributed by atoms with Crippen molar-refractivity contribution in [2.24, 2.45) is 11.8 Å². The highest BCUT2D eigenvalue weighted by atomic mass is 16.5. The molecule has 2 aromatic rings. The van der Waals surface area contributed by atoms with E-state index in [1.807, 2.05) is 12.1 Å². The van der Waals surface area contributed by atoms with Crippen molar-refractivity contribution in [2.45, 2.75) is 26.1 Å². The van der Waals surface area contributed by atoms with Gasteiger partial charge in [-0.05, 0) is 47.2 Å². The second-order valence-corrected chi connectivity index (χ2v) is 6.90. The zero-order valence-corrected chi connectivity index (χ0v) is 16.2. The lowest BCUT2D eigenvalue weighted by Crippen LogP contribution is -2.10. The maximum atomic E-state index is 10.3. The molecule has 1 aliphatic rings. The molecule has 2 aromatic carbocycles. The van der Waals surface area contributed by atoms with Gasteiger partial charge in [0.2, 0.25) is 5.75 Å². The molecule has 0 amide bonds. The van der Waals surface area contributed by atoms with Crippen LogP contribution in [-0.2, 0) is 4.74 Å². The number of hydrogen-bond acceptors (Lipinski definition) is 6. The molecular weight excluding hydrogens is 348 g/mol. The van der Waals surface area contributed by atoms with Gasteiger partial charge in [-0.25, -0.2) is 0 Å². The van der Waals surface area contributed by atoms with Crippen LogP contribution in [0.2, 0.25) is 0 Å². The summed E-state index contributed by atoms with van der Waals surface area (Å²) in [5.74, 6) is 1.73. The second kappa shape index (κ2) is 7.56. The minimum absolute atomic E-state index is 0.0186. The smallest absolute Gasteiger partial charge is 0.203 e. The molecule has 2 N–H and O–H groups in total. The van der Waals surface area contributed by atoms with E-state index in [1.165, 1.54) is 21.3 Å². The quantitative estimate of drug-likeness (QED) is 0.816. The zero-order chi connectivity index (χ0) is 19.7. The van der Waals surface area contributed by atoms with Crippen LogP contribution in [0, 0.1) is 11.8 Å². The highest BCUT2D eigenvalue weighted by Gasteiger charge is 2.41. The lowest BCUT2D eigenvalue weighted by molar-refractivity contribution is 0.0286. The summed E-state index contributed by atoms with van der Waals surface area (Å²) in [6.07, 6.45) is -0.370. The topological polar surface area (TPSA) is 77.4 Å². The fraction of sp³-hybridized carbons (Fsp3) is 0.429. The lowest BCUT2D eigenvalue weighted by atomic mass is 9.85. The number of ether oxygens (including phenoxy) is 4. The predicted molar refractivity (Wildman–Crippen MR) is 101 cm³/mol. The molecule has 1 aliphatic heterocycles. The molecule has 4 atom stereocenters. The van der Waals surface area contributed by atoms with Crippen LogP contribution >= 0.6 is 0 Å². The zero-order valence-electron chi connectivity index (χ0n) is 16.2. The van der Waals surface area contributed by atoms with Crippen molar-refractivity contribution in [1.29, 1.82) is 0 Å². The molecule has 0 aromatic heterocycles. The van der Waals surface area contributed by atoms with Crippen molar-refractivity contribution in [1.82, 2.24) is 0 Å². The second-order valence-electron chi connectivity index (χ2n) is 6.90. The van der Waals surface area contributed by atoms with E-state index in [0.717, 1.165) is 11.1 Å². The Morgan fingerprint density at radius 2 is 1.33 bits per heavy atom. The molecular formula is C21H26O6. The predicted octanol–water partition coefficient (Wildman–Crippen LogP) is 4.21. The number of rotatable bonds is 5.